The molecule has 21 nitrogen and oxygen atoms in total. The highest BCUT2D eigenvalue weighted by Crippen LogP contribution is 2.70. The van der Waals surface area contributed by atoms with E-state index in [1.807, 2.05) is 19.9 Å². The lowest BCUT2D eigenvalue weighted by Gasteiger charge is -2.66. The topological polar surface area (TPSA) is 279 Å². The number of aliphatic hydroxyl groups excluding tert-OH is 4. The molecule has 3 saturated carbocycles. The zero-order chi connectivity index (χ0) is 54.3. The number of ether oxygens (including phenoxy) is 13. The number of rotatable bonds is 14. The molecule has 0 aromatic rings. The maximum Gasteiger partial charge on any atom is 0.162 e. The highest BCUT2D eigenvalue weighted by Gasteiger charge is 2.80. The number of hydrogen-bond donors (Lipinski definition) is 7. The van der Waals surface area contributed by atoms with Crippen molar-refractivity contribution in [3.63, 3.8) is 0 Å². The molecular weight excluding hydrogens is 985 g/mol. The van der Waals surface area contributed by atoms with Crippen molar-refractivity contribution in [2.45, 2.75) is 284 Å². The molecule has 0 aromatic heterocycles. The second-order valence-electron chi connectivity index (χ2n) is 23.9. The highest BCUT2D eigenvalue weighted by atomic mass is 16.8. The Morgan fingerprint density at radius 3 is 1.49 bits per heavy atom. The number of aliphatic hydroxyl groups is 7. The summed E-state index contributed by atoms with van der Waals surface area (Å²) in [7, 11) is 4.77. The molecule has 28 atom stereocenters. The van der Waals surface area contributed by atoms with Crippen LogP contribution in [0.4, 0.5) is 0 Å². The first-order valence-electron chi connectivity index (χ1n) is 27.6. The Morgan fingerprint density at radius 2 is 1.01 bits per heavy atom. The number of hydrogen-bond acceptors (Lipinski definition) is 21. The van der Waals surface area contributed by atoms with E-state index in [-0.39, 0.29) is 50.7 Å². The van der Waals surface area contributed by atoms with Gasteiger partial charge in [0, 0.05) is 59.4 Å². The number of Topliss-reactive ketones (excluding diaryl/α,β-unsaturated/α-hetero) is 1. The molecule has 5 heterocycles. The van der Waals surface area contributed by atoms with Crippen molar-refractivity contribution in [2.24, 2.45) is 16.7 Å². The minimum Gasteiger partial charge on any atom is -0.392 e. The van der Waals surface area contributed by atoms with Gasteiger partial charge in [0.2, 0.25) is 0 Å². The largest absolute Gasteiger partial charge is 0.392 e. The smallest absolute Gasteiger partial charge is 0.162 e. The third-order valence-electron chi connectivity index (χ3n) is 19.8. The van der Waals surface area contributed by atoms with E-state index in [1.54, 1.807) is 42.1 Å². The quantitative estimate of drug-likeness (QED) is 0.123. The lowest BCUT2D eigenvalue weighted by molar-refractivity contribution is -0.351. The fourth-order valence-corrected chi connectivity index (χ4v) is 15.2. The average Bonchev–Trinajstić information content (AvgIpc) is 3.77. The molecule has 0 radical (unpaired) electrons. The minimum atomic E-state index is -1.97. The van der Waals surface area contributed by atoms with Crippen molar-refractivity contribution in [1.82, 2.24) is 0 Å². The second kappa shape index (κ2) is 22.2. The normalized spacial score (nSPS) is 54.3. The van der Waals surface area contributed by atoms with Crippen molar-refractivity contribution in [1.29, 1.82) is 0 Å². The van der Waals surface area contributed by atoms with E-state index >= 15 is 0 Å². The Morgan fingerprint density at radius 1 is 0.573 bits per heavy atom. The van der Waals surface area contributed by atoms with Crippen molar-refractivity contribution in [3.05, 3.63) is 11.6 Å². The van der Waals surface area contributed by atoms with E-state index in [4.69, 9.17) is 61.6 Å². The van der Waals surface area contributed by atoms with Crippen molar-refractivity contribution in [2.75, 3.05) is 21.3 Å². The summed E-state index contributed by atoms with van der Waals surface area (Å²) in [6.07, 6.45) is -9.30. The van der Waals surface area contributed by atoms with E-state index in [1.165, 1.54) is 13.8 Å². The van der Waals surface area contributed by atoms with Crippen LogP contribution >= 0.6 is 0 Å². The Hall–Kier alpha value is -1.39. The maximum atomic E-state index is 12.8. The van der Waals surface area contributed by atoms with E-state index < -0.39 is 162 Å². The van der Waals surface area contributed by atoms with Gasteiger partial charge in [0.25, 0.3) is 0 Å². The first kappa shape index (κ1) is 58.3. The molecule has 0 aromatic carbocycles. The Kier molecular flexibility index (Phi) is 17.2. The maximum absolute atomic E-state index is 12.8. The van der Waals surface area contributed by atoms with Crippen LogP contribution in [0.15, 0.2) is 11.6 Å². The van der Waals surface area contributed by atoms with E-state index in [0.717, 1.165) is 5.57 Å². The summed E-state index contributed by atoms with van der Waals surface area (Å²) in [4.78, 5) is 12.8. The lowest BCUT2D eigenvalue weighted by Crippen LogP contribution is -2.78. The van der Waals surface area contributed by atoms with Gasteiger partial charge in [0.05, 0.1) is 78.7 Å². The minimum absolute atomic E-state index is 0.0142. The number of carbonyl (C=O) groups is 1. The van der Waals surface area contributed by atoms with Crippen LogP contribution < -0.4 is 0 Å². The molecule has 0 amide bonds. The standard InChI is InChI=1S/C54H88O21/c1-25-45(59)35(63-9)21-42(66-25)74-48-29(5)70-44(23-37(48)65-11)75-49-28(4)69-43(22-36(49)64-10)73-47-27(3)68-41(20-34(47)57)72-46-26(2)67-40(19-33(46)56)71-32-13-14-50(7)31(18-32)12-15-53(61)38(50)24-39(58)51(8)52(60,30(6)55)16-17-54(51,53)62/h12,25-29,32-49,56-62H,13-24H2,1-11H3/t25-,26+,27+,28-,29+,32-,33-,34-,35+,36+,37-,38+,39+,40-,41-,42-,43-,44-,45-,46+,47+,48+,49-,50-,51+,52+,53-,54-/m0/s1. The number of ketones is 1. The summed E-state index contributed by atoms with van der Waals surface area (Å²) in [6.45, 7) is 14.0. The van der Waals surface area contributed by atoms with Gasteiger partial charge in [-0.15, -0.1) is 0 Å². The molecule has 8 fully saturated rings. The van der Waals surface area contributed by atoms with Gasteiger partial charge < -0.3 is 97.3 Å². The van der Waals surface area contributed by atoms with Crippen LogP contribution in [0, 0.1) is 16.7 Å². The van der Waals surface area contributed by atoms with Gasteiger partial charge in [-0.2, -0.15) is 0 Å². The molecule has 21 heteroatoms. The Balaban J connectivity index is 0.736. The van der Waals surface area contributed by atoms with Crippen molar-refractivity contribution >= 4 is 5.78 Å². The third kappa shape index (κ3) is 10.2. The van der Waals surface area contributed by atoms with Crippen molar-refractivity contribution in [3.8, 4) is 0 Å². The van der Waals surface area contributed by atoms with Gasteiger partial charge in [-0.05, 0) is 91.9 Å². The van der Waals surface area contributed by atoms with Crippen LogP contribution in [0.1, 0.15) is 132 Å². The summed E-state index contributed by atoms with van der Waals surface area (Å²) in [5, 5.41) is 81.6. The predicted octanol–water partition coefficient (Wildman–Crippen LogP) is 2.20. The summed E-state index contributed by atoms with van der Waals surface area (Å²) in [5.41, 5.74) is -6.72. The lowest BCUT2D eigenvalue weighted by atomic mass is 9.42. The van der Waals surface area contributed by atoms with Gasteiger partial charge in [-0.3, -0.25) is 4.79 Å². The molecule has 5 saturated heterocycles. The summed E-state index contributed by atoms with van der Waals surface area (Å²) in [6, 6.07) is 0. The van der Waals surface area contributed by atoms with Crippen LogP contribution in [0.25, 0.3) is 0 Å². The fourth-order valence-electron chi connectivity index (χ4n) is 15.2. The third-order valence-corrected chi connectivity index (χ3v) is 19.8. The molecule has 0 unspecified atom stereocenters. The number of methoxy groups -OCH3 is 3. The first-order chi connectivity index (χ1) is 35.3. The Labute approximate surface area is 441 Å². The molecule has 9 aliphatic rings. The molecule has 0 spiro atoms. The summed E-state index contributed by atoms with van der Waals surface area (Å²) in [5.74, 6) is -1.06. The summed E-state index contributed by atoms with van der Waals surface area (Å²) >= 11 is 0. The second-order valence-corrected chi connectivity index (χ2v) is 23.9. The Bertz CT molecular complexity index is 1990. The molecule has 430 valence electrons. The molecule has 0 bridgehead atoms. The molecule has 5 aliphatic heterocycles. The first-order valence-corrected chi connectivity index (χ1v) is 27.6. The molecule has 4 aliphatic carbocycles. The van der Waals surface area contributed by atoms with Crippen LogP contribution in [0.3, 0.4) is 0 Å². The monoisotopic (exact) mass is 1070 g/mol. The zero-order valence-electron chi connectivity index (χ0n) is 45.7. The van der Waals surface area contributed by atoms with Crippen LogP contribution in [-0.2, 0) is 66.4 Å². The van der Waals surface area contributed by atoms with Gasteiger partial charge in [-0.25, -0.2) is 0 Å². The van der Waals surface area contributed by atoms with Crippen LogP contribution in [0.5, 0.6) is 0 Å². The van der Waals surface area contributed by atoms with Gasteiger partial charge in [0.15, 0.2) is 37.2 Å². The van der Waals surface area contributed by atoms with E-state index in [2.05, 4.69) is 6.92 Å². The SMILES string of the molecule is CO[C@H]1C[C@H](O[C@H]2[C@H](C)O[C@@H](O[C@H]3[C@@H](O)C[C@H](O[C@H]4[C@@H](O)C[C@H](O[C@H]5CC[C@@]6(C)C(=CC[C@]7(O)[C@@H]6C[C@@H](O)[C@@]6(C)[C@@]7(O)CC[C@@]6(O)C(C)=O)C5)O[C@@H]4C)O[C@@H]3C)C[C@H]2OC)O[C@H](C)[C@H]1O[C@H]1C[C@@H](OC)[C@@H](O)[C@H](C)O1. The zero-order valence-corrected chi connectivity index (χ0v) is 45.7. The van der Waals surface area contributed by atoms with Gasteiger partial charge >= 0.3 is 0 Å². The summed E-state index contributed by atoms with van der Waals surface area (Å²) < 4.78 is 80.7. The van der Waals surface area contributed by atoms with E-state index in [9.17, 15) is 40.5 Å². The van der Waals surface area contributed by atoms with E-state index in [0.29, 0.717) is 38.5 Å². The van der Waals surface area contributed by atoms with Gasteiger partial charge in [0.1, 0.15) is 47.3 Å². The van der Waals surface area contributed by atoms with Crippen molar-refractivity contribution < 1.29 is 102 Å². The number of fused-ring (bicyclic) bond motifs is 5. The van der Waals surface area contributed by atoms with Crippen LogP contribution in [-0.4, -0.2) is 215 Å². The predicted molar refractivity (Wildman–Crippen MR) is 261 cm³/mol. The molecule has 75 heavy (non-hydrogen) atoms. The highest BCUT2D eigenvalue weighted by molar-refractivity contribution is 5.87. The average molecular weight is 1070 g/mol. The fraction of sp³-hybridized carbons (Fsp3) is 0.944. The van der Waals surface area contributed by atoms with Crippen LogP contribution in [0.2, 0.25) is 0 Å². The number of carbonyl (C=O) groups excluding carboxylic acids is 1. The molecular formula is C54H88O21. The molecule has 9 rings (SSSR count). The molecule has 7 N–H and O–H groups in total. The van der Waals surface area contributed by atoms with Gasteiger partial charge in [-0.1, -0.05) is 25.5 Å².